The van der Waals surface area contributed by atoms with Crippen LogP contribution in [0.4, 0.5) is 0 Å². The van der Waals surface area contributed by atoms with Crippen LogP contribution in [0.3, 0.4) is 0 Å². The van der Waals surface area contributed by atoms with Gasteiger partial charge >= 0.3 is 5.97 Å². The van der Waals surface area contributed by atoms with Gasteiger partial charge < -0.3 is 19.7 Å². The van der Waals surface area contributed by atoms with E-state index in [0.717, 1.165) is 0 Å². The van der Waals surface area contributed by atoms with Crippen molar-refractivity contribution in [3.63, 3.8) is 0 Å². The second-order valence-corrected chi connectivity index (χ2v) is 5.40. The van der Waals surface area contributed by atoms with Crippen LogP contribution in [0.1, 0.15) is 28.2 Å². The molecule has 116 valence electrons. The van der Waals surface area contributed by atoms with Gasteiger partial charge in [0.1, 0.15) is 0 Å². The largest absolute Gasteiger partial charge is 0.479 e. The number of nitrogens with one attached hydrogen (secondary N) is 1. The van der Waals surface area contributed by atoms with Gasteiger partial charge in [0.2, 0.25) is 0 Å². The predicted octanol–water partition coefficient (Wildman–Crippen LogP) is 0.813. The van der Waals surface area contributed by atoms with Gasteiger partial charge in [-0.3, -0.25) is 4.79 Å². The van der Waals surface area contributed by atoms with Crippen LogP contribution in [0.5, 0.6) is 0 Å². The van der Waals surface area contributed by atoms with Gasteiger partial charge in [-0.1, -0.05) is 5.16 Å². The number of carbonyl (C=O) groups is 2. The molecule has 2 N–H and O–H groups in total. The highest BCUT2D eigenvalue weighted by Crippen LogP contribution is 2.24. The van der Waals surface area contributed by atoms with Crippen molar-refractivity contribution in [2.24, 2.45) is 0 Å². The average molecular weight is 305 g/mol. The Labute approximate surface area is 125 Å². The van der Waals surface area contributed by atoms with Crippen molar-refractivity contribution in [1.82, 2.24) is 15.5 Å². The van der Waals surface area contributed by atoms with Crippen molar-refractivity contribution in [1.29, 1.82) is 0 Å². The molecular weight excluding hydrogens is 290 g/mol. The fourth-order valence-corrected chi connectivity index (χ4v) is 2.57. The molecule has 1 saturated heterocycles. The monoisotopic (exact) mass is 305 g/mol. The Morgan fingerprint density at radius 3 is 2.82 bits per heavy atom. The number of hydrogen-bond donors (Lipinski definition) is 2. The van der Waals surface area contributed by atoms with E-state index in [1.165, 1.54) is 0 Å². The maximum absolute atomic E-state index is 12.6. The third-order valence-corrected chi connectivity index (χ3v) is 3.77. The molecule has 1 unspecified atom stereocenters. The molecule has 0 aromatic carbocycles. The van der Waals surface area contributed by atoms with E-state index in [-0.39, 0.29) is 18.7 Å². The summed E-state index contributed by atoms with van der Waals surface area (Å²) >= 11 is 0. The lowest BCUT2D eigenvalue weighted by molar-refractivity contribution is -0.144. The number of amides is 1. The minimum Gasteiger partial charge on any atom is -0.479 e. The molecule has 1 aliphatic rings. The lowest BCUT2D eigenvalue weighted by Gasteiger charge is -2.23. The van der Waals surface area contributed by atoms with Gasteiger partial charge in [-0.15, -0.1) is 0 Å². The third-order valence-electron chi connectivity index (χ3n) is 3.77. The van der Waals surface area contributed by atoms with E-state index < -0.39 is 17.4 Å². The van der Waals surface area contributed by atoms with Crippen molar-refractivity contribution in [2.75, 3.05) is 13.2 Å². The van der Waals surface area contributed by atoms with Crippen LogP contribution in [0.25, 0.3) is 11.1 Å². The van der Waals surface area contributed by atoms with Crippen LogP contribution >= 0.6 is 0 Å². The summed E-state index contributed by atoms with van der Waals surface area (Å²) in [7, 11) is 0. The van der Waals surface area contributed by atoms with Crippen LogP contribution in [-0.2, 0) is 9.53 Å². The molecule has 8 nitrogen and oxygen atoms in total. The van der Waals surface area contributed by atoms with E-state index in [0.29, 0.717) is 28.9 Å². The number of hydrogen-bond acceptors (Lipinski definition) is 6. The van der Waals surface area contributed by atoms with Gasteiger partial charge in [0.25, 0.3) is 11.6 Å². The molecular formula is C14H15N3O5. The topological polar surface area (TPSA) is 115 Å². The second kappa shape index (κ2) is 5.06. The van der Waals surface area contributed by atoms with Gasteiger partial charge in [0.15, 0.2) is 5.54 Å². The molecule has 0 radical (unpaired) electrons. The number of ether oxygens (including phenoxy) is 1. The summed E-state index contributed by atoms with van der Waals surface area (Å²) in [5, 5.41) is 16.3. The maximum Gasteiger partial charge on any atom is 0.331 e. The fraction of sp³-hybridized carbons (Fsp3) is 0.429. The van der Waals surface area contributed by atoms with E-state index in [9.17, 15) is 14.7 Å². The van der Waals surface area contributed by atoms with E-state index in [4.69, 9.17) is 9.26 Å². The molecule has 2 aromatic heterocycles. The first-order valence-electron chi connectivity index (χ1n) is 6.80. The second-order valence-electron chi connectivity index (χ2n) is 5.40. The van der Waals surface area contributed by atoms with E-state index in [1.54, 1.807) is 19.9 Å². The number of carboxylic acid groups (broad SMARTS) is 1. The lowest BCUT2D eigenvalue weighted by Crippen LogP contribution is -2.55. The number of fused-ring (bicyclic) bond motifs is 1. The van der Waals surface area contributed by atoms with Crippen molar-refractivity contribution in [2.45, 2.75) is 25.8 Å². The summed E-state index contributed by atoms with van der Waals surface area (Å²) in [5.74, 6) is -1.61. The van der Waals surface area contributed by atoms with E-state index >= 15 is 0 Å². The number of pyridine rings is 1. The molecule has 0 bridgehead atoms. The van der Waals surface area contributed by atoms with Gasteiger partial charge in [0, 0.05) is 18.7 Å². The summed E-state index contributed by atoms with van der Waals surface area (Å²) in [6.07, 6.45) is 0.226. The summed E-state index contributed by atoms with van der Waals surface area (Å²) in [4.78, 5) is 28.3. The van der Waals surface area contributed by atoms with Crippen molar-refractivity contribution in [3.8, 4) is 0 Å². The molecule has 0 spiro atoms. The fourth-order valence-electron chi connectivity index (χ4n) is 2.57. The SMILES string of the molecule is Cc1cc(C(=O)NC2(C(=O)O)CCOC2)c2c(C)noc2n1. The zero-order chi connectivity index (χ0) is 15.9. The Morgan fingerprint density at radius 2 is 2.18 bits per heavy atom. The molecule has 0 saturated carbocycles. The van der Waals surface area contributed by atoms with Gasteiger partial charge in [-0.2, -0.15) is 0 Å². The summed E-state index contributed by atoms with van der Waals surface area (Å²) in [6.45, 7) is 3.67. The number of carboxylic acids is 1. The molecule has 8 heteroatoms. The first kappa shape index (κ1) is 14.5. The van der Waals surface area contributed by atoms with Crippen LogP contribution in [0.2, 0.25) is 0 Å². The van der Waals surface area contributed by atoms with Crippen LogP contribution < -0.4 is 5.32 Å². The summed E-state index contributed by atoms with van der Waals surface area (Å²) in [6, 6.07) is 1.59. The Morgan fingerprint density at radius 1 is 1.41 bits per heavy atom. The van der Waals surface area contributed by atoms with Crippen molar-refractivity contribution < 1.29 is 24.0 Å². The predicted molar refractivity (Wildman–Crippen MR) is 74.5 cm³/mol. The normalized spacial score (nSPS) is 21.2. The third kappa shape index (κ3) is 2.21. The summed E-state index contributed by atoms with van der Waals surface area (Å²) in [5.41, 5.74) is 0.273. The minimum absolute atomic E-state index is 0.0517. The number of nitrogens with zero attached hydrogens (tertiary/aromatic N) is 2. The van der Waals surface area contributed by atoms with Crippen molar-refractivity contribution >= 4 is 23.0 Å². The molecule has 2 aromatic rings. The van der Waals surface area contributed by atoms with Crippen molar-refractivity contribution in [3.05, 3.63) is 23.0 Å². The number of aromatic nitrogens is 2. The maximum atomic E-state index is 12.6. The number of carbonyl (C=O) groups excluding carboxylic acids is 1. The highest BCUT2D eigenvalue weighted by Gasteiger charge is 2.44. The zero-order valence-electron chi connectivity index (χ0n) is 12.2. The van der Waals surface area contributed by atoms with E-state index in [1.807, 2.05) is 0 Å². The van der Waals surface area contributed by atoms with Crippen LogP contribution in [-0.4, -0.2) is 45.9 Å². The van der Waals surface area contributed by atoms with Crippen LogP contribution in [0.15, 0.2) is 10.6 Å². The minimum atomic E-state index is -1.40. The first-order valence-corrected chi connectivity index (χ1v) is 6.80. The standard InChI is InChI=1S/C14H15N3O5/c1-7-5-9(10-8(2)17-22-12(10)15-7)11(18)16-14(13(19)20)3-4-21-6-14/h5H,3-4,6H2,1-2H3,(H,16,18)(H,19,20). The van der Waals surface area contributed by atoms with Gasteiger partial charge in [-0.25, -0.2) is 9.78 Å². The molecule has 1 aliphatic heterocycles. The molecule has 22 heavy (non-hydrogen) atoms. The Balaban J connectivity index is 2.02. The summed E-state index contributed by atoms with van der Waals surface area (Å²) < 4.78 is 10.2. The molecule has 1 fully saturated rings. The Hall–Kier alpha value is -2.48. The van der Waals surface area contributed by atoms with Crippen LogP contribution in [0, 0.1) is 13.8 Å². The number of rotatable bonds is 3. The molecule has 3 heterocycles. The zero-order valence-corrected chi connectivity index (χ0v) is 12.2. The Kier molecular flexibility index (Phi) is 3.32. The highest BCUT2D eigenvalue weighted by molar-refractivity contribution is 6.07. The first-order chi connectivity index (χ1) is 10.4. The van der Waals surface area contributed by atoms with Gasteiger partial charge in [0.05, 0.1) is 23.3 Å². The molecule has 1 atom stereocenters. The molecule has 3 rings (SSSR count). The Bertz CT molecular complexity index is 761. The quantitative estimate of drug-likeness (QED) is 0.862. The highest BCUT2D eigenvalue weighted by atomic mass is 16.5. The smallest absolute Gasteiger partial charge is 0.331 e. The number of aryl methyl sites for hydroxylation is 2. The van der Waals surface area contributed by atoms with E-state index in [2.05, 4.69) is 15.5 Å². The average Bonchev–Trinajstić information content (AvgIpc) is 3.06. The number of aliphatic carboxylic acids is 1. The lowest BCUT2D eigenvalue weighted by atomic mass is 9.98. The molecule has 0 aliphatic carbocycles. The molecule has 1 amide bonds. The van der Waals surface area contributed by atoms with Gasteiger partial charge in [-0.05, 0) is 19.9 Å².